The number of carbonyl (C=O) groups excluding carboxylic acids is 2. The first kappa shape index (κ1) is 15.8. The van der Waals surface area contributed by atoms with E-state index >= 15 is 0 Å². The summed E-state index contributed by atoms with van der Waals surface area (Å²) in [7, 11) is 0. The highest BCUT2D eigenvalue weighted by molar-refractivity contribution is 5.36. The van der Waals surface area contributed by atoms with Crippen molar-refractivity contribution in [2.75, 3.05) is 19.7 Å². The van der Waals surface area contributed by atoms with Crippen LogP contribution in [0.25, 0.3) is 0 Å². The number of isocyanates is 2. The highest BCUT2D eigenvalue weighted by Crippen LogP contribution is 2.20. The maximum absolute atomic E-state index is 9.95. The zero-order chi connectivity index (χ0) is 14.6. The molecule has 106 valence electrons. The fourth-order valence-electron chi connectivity index (χ4n) is 1.81. The van der Waals surface area contributed by atoms with E-state index < -0.39 is 0 Å². The smallest absolute Gasteiger partial charge is 0.234 e. The Kier molecular flexibility index (Phi) is 7.66. The van der Waals surface area contributed by atoms with Crippen LogP contribution in [0.5, 0.6) is 5.75 Å². The monoisotopic (exact) mass is 274 g/mol. The van der Waals surface area contributed by atoms with Gasteiger partial charge < -0.3 is 4.74 Å². The summed E-state index contributed by atoms with van der Waals surface area (Å²) in [6.07, 6.45) is 5.44. The van der Waals surface area contributed by atoms with Crippen molar-refractivity contribution < 1.29 is 14.3 Å². The fourth-order valence-corrected chi connectivity index (χ4v) is 1.81. The zero-order valence-electron chi connectivity index (χ0n) is 11.6. The summed E-state index contributed by atoms with van der Waals surface area (Å²) in [5, 5.41) is 0. The van der Waals surface area contributed by atoms with Gasteiger partial charge in [0.1, 0.15) is 5.75 Å². The van der Waals surface area contributed by atoms with Gasteiger partial charge in [-0.2, -0.15) is 0 Å². The van der Waals surface area contributed by atoms with Crippen molar-refractivity contribution in [2.24, 2.45) is 9.98 Å². The minimum Gasteiger partial charge on any atom is -0.493 e. The minimum atomic E-state index is 0.442. The molecule has 0 aliphatic heterocycles. The molecule has 0 atom stereocenters. The first-order valence-corrected chi connectivity index (χ1v) is 6.57. The van der Waals surface area contributed by atoms with Gasteiger partial charge in [-0.15, -0.1) is 0 Å². The van der Waals surface area contributed by atoms with Gasteiger partial charge >= 0.3 is 0 Å². The van der Waals surface area contributed by atoms with Gasteiger partial charge in [0.2, 0.25) is 12.2 Å². The van der Waals surface area contributed by atoms with Crippen LogP contribution in [-0.2, 0) is 16.0 Å². The summed E-state index contributed by atoms with van der Waals surface area (Å²) < 4.78 is 5.62. The lowest BCUT2D eigenvalue weighted by Gasteiger charge is -2.10. The number of nitrogens with zero attached hydrogens (tertiary/aromatic N) is 2. The molecule has 0 amide bonds. The van der Waals surface area contributed by atoms with Crippen LogP contribution in [0.3, 0.4) is 0 Å². The standard InChI is InChI=1S/C15H18N2O3/c1-13-10-14(4-2-7-16-11-18)5-6-15(13)20-9-3-8-17-12-19/h5-6,10H,2-4,7-9H2,1H3. The highest BCUT2D eigenvalue weighted by atomic mass is 16.5. The maximum atomic E-state index is 9.95. The van der Waals surface area contributed by atoms with Crippen molar-refractivity contribution in [3.05, 3.63) is 29.3 Å². The third-order valence-electron chi connectivity index (χ3n) is 2.78. The van der Waals surface area contributed by atoms with Crippen molar-refractivity contribution in [3.8, 4) is 5.75 Å². The van der Waals surface area contributed by atoms with Crippen molar-refractivity contribution >= 4 is 12.2 Å². The Labute approximate surface area is 118 Å². The van der Waals surface area contributed by atoms with Crippen LogP contribution >= 0.6 is 0 Å². The lowest BCUT2D eigenvalue weighted by Crippen LogP contribution is -2.01. The van der Waals surface area contributed by atoms with Crippen molar-refractivity contribution in [3.63, 3.8) is 0 Å². The number of rotatable bonds is 9. The first-order chi connectivity index (χ1) is 9.77. The van der Waals surface area contributed by atoms with Crippen LogP contribution in [0, 0.1) is 6.92 Å². The maximum Gasteiger partial charge on any atom is 0.234 e. The van der Waals surface area contributed by atoms with Gasteiger partial charge in [-0.05, 0) is 37.0 Å². The number of aryl methyl sites for hydroxylation is 2. The van der Waals surface area contributed by atoms with Crippen LogP contribution in [0.15, 0.2) is 28.2 Å². The molecule has 1 rings (SSSR count). The average Bonchev–Trinajstić information content (AvgIpc) is 2.45. The number of hydrogen-bond acceptors (Lipinski definition) is 5. The normalized spacial score (nSPS) is 9.45. The van der Waals surface area contributed by atoms with Crippen LogP contribution in [0.4, 0.5) is 0 Å². The molecule has 0 saturated heterocycles. The molecule has 0 spiro atoms. The second-order valence-electron chi connectivity index (χ2n) is 4.35. The topological polar surface area (TPSA) is 68.1 Å². The lowest BCUT2D eigenvalue weighted by atomic mass is 10.1. The van der Waals surface area contributed by atoms with E-state index in [0.717, 1.165) is 24.2 Å². The molecule has 0 aliphatic rings. The van der Waals surface area contributed by atoms with Crippen molar-refractivity contribution in [2.45, 2.75) is 26.2 Å². The molecule has 0 unspecified atom stereocenters. The van der Waals surface area contributed by atoms with Crippen LogP contribution in [-0.4, -0.2) is 31.9 Å². The largest absolute Gasteiger partial charge is 0.493 e. The summed E-state index contributed by atoms with van der Waals surface area (Å²) in [6, 6.07) is 6.02. The summed E-state index contributed by atoms with van der Waals surface area (Å²) in [4.78, 5) is 26.8. The molecule has 5 heteroatoms. The lowest BCUT2D eigenvalue weighted by molar-refractivity contribution is 0.311. The van der Waals surface area contributed by atoms with Gasteiger partial charge in [-0.1, -0.05) is 12.1 Å². The molecule has 0 bridgehead atoms. The summed E-state index contributed by atoms with van der Waals surface area (Å²) in [5.74, 6) is 0.842. The molecular weight excluding hydrogens is 256 g/mol. The van der Waals surface area contributed by atoms with E-state index in [-0.39, 0.29) is 0 Å². The molecular formula is C15H18N2O3. The predicted molar refractivity (Wildman–Crippen MR) is 75.6 cm³/mol. The van der Waals surface area contributed by atoms with E-state index in [0.29, 0.717) is 26.1 Å². The first-order valence-electron chi connectivity index (χ1n) is 6.57. The van der Waals surface area contributed by atoms with E-state index in [1.54, 1.807) is 0 Å². The molecule has 0 fully saturated rings. The Balaban J connectivity index is 2.42. The molecule has 0 radical (unpaired) electrons. The molecule has 0 saturated carbocycles. The van der Waals surface area contributed by atoms with Crippen LogP contribution < -0.4 is 4.74 Å². The van der Waals surface area contributed by atoms with E-state index in [4.69, 9.17) is 4.74 Å². The van der Waals surface area contributed by atoms with Gasteiger partial charge in [0.25, 0.3) is 0 Å². The molecule has 0 N–H and O–H groups in total. The molecule has 1 aromatic rings. The molecule has 20 heavy (non-hydrogen) atoms. The van der Waals surface area contributed by atoms with E-state index in [9.17, 15) is 9.59 Å². The van der Waals surface area contributed by atoms with E-state index in [1.807, 2.05) is 19.1 Å². The Hall–Kier alpha value is -2.22. The highest BCUT2D eigenvalue weighted by Gasteiger charge is 2.01. The number of aliphatic imine (C=N–C) groups is 2. The Bertz CT molecular complexity index is 516. The summed E-state index contributed by atoms with van der Waals surface area (Å²) in [6.45, 7) is 3.47. The number of benzene rings is 1. The van der Waals surface area contributed by atoms with Crippen LogP contribution in [0.1, 0.15) is 24.0 Å². The van der Waals surface area contributed by atoms with Crippen molar-refractivity contribution in [1.82, 2.24) is 0 Å². The zero-order valence-corrected chi connectivity index (χ0v) is 11.6. The third kappa shape index (κ3) is 6.10. The fraction of sp³-hybridized carbons (Fsp3) is 0.467. The van der Waals surface area contributed by atoms with Gasteiger partial charge in [0.05, 0.1) is 19.7 Å². The molecule has 0 aromatic heterocycles. The average molecular weight is 274 g/mol. The molecule has 5 nitrogen and oxygen atoms in total. The second-order valence-corrected chi connectivity index (χ2v) is 4.35. The Morgan fingerprint density at radius 2 is 1.80 bits per heavy atom. The second kappa shape index (κ2) is 9.68. The predicted octanol–water partition coefficient (Wildman–Crippen LogP) is 2.37. The van der Waals surface area contributed by atoms with Crippen LogP contribution in [0.2, 0.25) is 0 Å². The third-order valence-corrected chi connectivity index (χ3v) is 2.78. The Morgan fingerprint density at radius 1 is 1.10 bits per heavy atom. The van der Waals surface area contributed by atoms with E-state index in [1.165, 1.54) is 17.7 Å². The minimum absolute atomic E-state index is 0.442. The summed E-state index contributed by atoms with van der Waals surface area (Å²) >= 11 is 0. The van der Waals surface area contributed by atoms with Crippen molar-refractivity contribution in [1.29, 1.82) is 0 Å². The number of hydrogen-bond donors (Lipinski definition) is 0. The SMILES string of the molecule is Cc1cc(CCCN=C=O)ccc1OCCCN=C=O. The molecule has 0 aliphatic carbocycles. The van der Waals surface area contributed by atoms with Gasteiger partial charge in [0, 0.05) is 6.42 Å². The van der Waals surface area contributed by atoms with Gasteiger partial charge in [-0.25, -0.2) is 19.6 Å². The molecule has 1 aromatic carbocycles. The van der Waals surface area contributed by atoms with Gasteiger partial charge in [-0.3, -0.25) is 0 Å². The Morgan fingerprint density at radius 3 is 2.45 bits per heavy atom. The van der Waals surface area contributed by atoms with E-state index in [2.05, 4.69) is 16.1 Å². The number of ether oxygens (including phenoxy) is 1. The quantitative estimate of drug-likeness (QED) is 0.394. The molecule has 0 heterocycles. The van der Waals surface area contributed by atoms with Gasteiger partial charge in [0.15, 0.2) is 0 Å². The summed E-state index contributed by atoms with van der Waals surface area (Å²) in [5.41, 5.74) is 2.27.